The predicted octanol–water partition coefficient (Wildman–Crippen LogP) is 1.74. The van der Waals surface area contributed by atoms with E-state index in [1.807, 2.05) is 11.8 Å². The zero-order valence-electron chi connectivity index (χ0n) is 7.54. The molecule has 0 amide bonds. The van der Waals surface area contributed by atoms with Crippen LogP contribution in [-0.2, 0) is 9.53 Å². The lowest BCUT2D eigenvalue weighted by atomic mass is 10.0. The van der Waals surface area contributed by atoms with E-state index in [1.54, 1.807) is 7.11 Å². The second-order valence-electron chi connectivity index (χ2n) is 3.12. The molecule has 70 valence electrons. The van der Waals surface area contributed by atoms with Crippen molar-refractivity contribution in [3.05, 3.63) is 0 Å². The van der Waals surface area contributed by atoms with Gasteiger partial charge in [0.1, 0.15) is 5.78 Å². The van der Waals surface area contributed by atoms with Crippen LogP contribution < -0.4 is 0 Å². The number of ketones is 1. The standard InChI is InChI=1S/C9H16O2S/c1-11-5-2-3-9(10)8-4-6-12-7-8/h8H,2-7H2,1H3. The molecule has 0 aliphatic carbocycles. The number of carbonyl (C=O) groups excluding carboxylic acids is 1. The highest BCUT2D eigenvalue weighted by molar-refractivity contribution is 7.99. The van der Waals surface area contributed by atoms with Crippen LogP contribution in [0.1, 0.15) is 19.3 Å². The molecule has 0 bridgehead atoms. The van der Waals surface area contributed by atoms with Crippen molar-refractivity contribution in [2.75, 3.05) is 25.2 Å². The molecule has 1 atom stereocenters. The van der Waals surface area contributed by atoms with E-state index in [2.05, 4.69) is 0 Å². The molecule has 1 saturated heterocycles. The minimum atomic E-state index is 0.354. The Kier molecular flexibility index (Phi) is 4.69. The van der Waals surface area contributed by atoms with Crippen molar-refractivity contribution in [2.45, 2.75) is 19.3 Å². The van der Waals surface area contributed by atoms with Crippen LogP contribution in [-0.4, -0.2) is 31.0 Å². The lowest BCUT2D eigenvalue weighted by Gasteiger charge is -2.05. The normalized spacial score (nSPS) is 22.9. The van der Waals surface area contributed by atoms with Crippen molar-refractivity contribution in [1.29, 1.82) is 0 Å². The highest BCUT2D eigenvalue weighted by Crippen LogP contribution is 2.25. The van der Waals surface area contributed by atoms with Crippen LogP contribution in [0.2, 0.25) is 0 Å². The maximum Gasteiger partial charge on any atom is 0.136 e. The first-order chi connectivity index (χ1) is 5.84. The van der Waals surface area contributed by atoms with Crippen molar-refractivity contribution in [2.24, 2.45) is 5.92 Å². The summed E-state index contributed by atoms with van der Waals surface area (Å²) in [5.41, 5.74) is 0. The lowest BCUT2D eigenvalue weighted by molar-refractivity contribution is -0.122. The van der Waals surface area contributed by atoms with Crippen molar-refractivity contribution in [3.8, 4) is 0 Å². The number of thioether (sulfide) groups is 1. The van der Waals surface area contributed by atoms with E-state index in [1.165, 1.54) is 5.75 Å². The van der Waals surface area contributed by atoms with Crippen LogP contribution >= 0.6 is 11.8 Å². The average Bonchev–Trinajstić information content (AvgIpc) is 2.56. The fourth-order valence-electron chi connectivity index (χ4n) is 1.38. The van der Waals surface area contributed by atoms with Crippen LogP contribution in [0.25, 0.3) is 0 Å². The van der Waals surface area contributed by atoms with E-state index >= 15 is 0 Å². The van der Waals surface area contributed by atoms with Gasteiger partial charge in [0, 0.05) is 31.8 Å². The van der Waals surface area contributed by atoms with Gasteiger partial charge >= 0.3 is 0 Å². The van der Waals surface area contributed by atoms with Crippen LogP contribution in [0.15, 0.2) is 0 Å². The zero-order chi connectivity index (χ0) is 8.81. The van der Waals surface area contributed by atoms with E-state index < -0.39 is 0 Å². The van der Waals surface area contributed by atoms with E-state index in [0.717, 1.165) is 18.6 Å². The summed E-state index contributed by atoms with van der Waals surface area (Å²) < 4.78 is 4.90. The molecular weight excluding hydrogens is 172 g/mol. The first-order valence-electron chi connectivity index (χ1n) is 4.44. The molecule has 0 aromatic heterocycles. The molecule has 1 aliphatic heterocycles. The molecule has 0 saturated carbocycles. The summed E-state index contributed by atoms with van der Waals surface area (Å²) in [6, 6.07) is 0. The Balaban J connectivity index is 2.10. The van der Waals surface area contributed by atoms with Crippen LogP contribution in [0, 0.1) is 5.92 Å². The van der Waals surface area contributed by atoms with Crippen LogP contribution in [0.3, 0.4) is 0 Å². The maximum atomic E-state index is 11.5. The SMILES string of the molecule is COCCCC(=O)C1CCSC1. The second kappa shape index (κ2) is 5.60. The van der Waals surface area contributed by atoms with Gasteiger partial charge in [-0.15, -0.1) is 0 Å². The van der Waals surface area contributed by atoms with Gasteiger partial charge < -0.3 is 4.74 Å². The number of ether oxygens (including phenoxy) is 1. The predicted molar refractivity (Wildman–Crippen MR) is 51.5 cm³/mol. The van der Waals surface area contributed by atoms with Crippen molar-refractivity contribution in [1.82, 2.24) is 0 Å². The van der Waals surface area contributed by atoms with Gasteiger partial charge in [0.25, 0.3) is 0 Å². The quantitative estimate of drug-likeness (QED) is 0.615. The third kappa shape index (κ3) is 3.15. The molecule has 1 fully saturated rings. The van der Waals surface area contributed by atoms with Gasteiger partial charge in [0.15, 0.2) is 0 Å². The van der Waals surface area contributed by atoms with Gasteiger partial charge in [-0.05, 0) is 18.6 Å². The highest BCUT2D eigenvalue weighted by atomic mass is 32.2. The summed E-state index contributed by atoms with van der Waals surface area (Å²) in [6.45, 7) is 0.714. The van der Waals surface area contributed by atoms with Gasteiger partial charge in [-0.1, -0.05) is 0 Å². The number of methoxy groups -OCH3 is 1. The smallest absolute Gasteiger partial charge is 0.136 e. The Morgan fingerprint density at radius 2 is 2.50 bits per heavy atom. The monoisotopic (exact) mass is 188 g/mol. The number of rotatable bonds is 5. The molecule has 0 aromatic rings. The minimum Gasteiger partial charge on any atom is -0.385 e. The van der Waals surface area contributed by atoms with Gasteiger partial charge in [0.2, 0.25) is 0 Å². The number of hydrogen-bond acceptors (Lipinski definition) is 3. The van der Waals surface area contributed by atoms with Crippen LogP contribution in [0.5, 0.6) is 0 Å². The fourth-order valence-corrected chi connectivity index (χ4v) is 2.64. The molecule has 0 radical (unpaired) electrons. The Morgan fingerprint density at radius 1 is 1.67 bits per heavy atom. The van der Waals surface area contributed by atoms with E-state index in [-0.39, 0.29) is 0 Å². The molecule has 0 spiro atoms. The Hall–Kier alpha value is -0.0200. The summed E-state index contributed by atoms with van der Waals surface area (Å²) in [6.07, 6.45) is 2.69. The van der Waals surface area contributed by atoms with Crippen LogP contribution in [0.4, 0.5) is 0 Å². The number of Topliss-reactive ketones (excluding diaryl/α,β-unsaturated/α-hetero) is 1. The minimum absolute atomic E-state index is 0.354. The van der Waals surface area contributed by atoms with Crippen molar-refractivity contribution in [3.63, 3.8) is 0 Å². The first kappa shape index (κ1) is 10.1. The molecule has 1 heterocycles. The van der Waals surface area contributed by atoms with Crippen molar-refractivity contribution < 1.29 is 9.53 Å². The zero-order valence-corrected chi connectivity index (χ0v) is 8.36. The van der Waals surface area contributed by atoms with Gasteiger partial charge in [-0.25, -0.2) is 0 Å². The lowest BCUT2D eigenvalue weighted by Crippen LogP contribution is -2.13. The number of carbonyl (C=O) groups is 1. The summed E-state index contributed by atoms with van der Waals surface area (Å²) in [7, 11) is 1.68. The van der Waals surface area contributed by atoms with E-state index in [4.69, 9.17) is 4.74 Å². The molecule has 12 heavy (non-hydrogen) atoms. The molecule has 1 aliphatic rings. The molecule has 0 N–H and O–H groups in total. The molecule has 2 nitrogen and oxygen atoms in total. The Morgan fingerprint density at radius 3 is 3.08 bits per heavy atom. The third-order valence-corrected chi connectivity index (χ3v) is 3.32. The Bertz CT molecular complexity index is 141. The maximum absolute atomic E-state index is 11.5. The van der Waals surface area contributed by atoms with Gasteiger partial charge in [0.05, 0.1) is 0 Å². The van der Waals surface area contributed by atoms with Gasteiger partial charge in [-0.3, -0.25) is 4.79 Å². The Labute approximate surface area is 78.1 Å². The largest absolute Gasteiger partial charge is 0.385 e. The summed E-state index contributed by atoms with van der Waals surface area (Å²) in [5.74, 6) is 3.01. The highest BCUT2D eigenvalue weighted by Gasteiger charge is 2.21. The molecular formula is C9H16O2S. The molecule has 3 heteroatoms. The molecule has 0 aromatic carbocycles. The van der Waals surface area contributed by atoms with Gasteiger partial charge in [-0.2, -0.15) is 11.8 Å². The first-order valence-corrected chi connectivity index (χ1v) is 5.59. The third-order valence-electron chi connectivity index (χ3n) is 2.16. The topological polar surface area (TPSA) is 26.3 Å². The summed E-state index contributed by atoms with van der Waals surface area (Å²) >= 11 is 1.90. The van der Waals surface area contributed by atoms with Crippen molar-refractivity contribution >= 4 is 17.5 Å². The average molecular weight is 188 g/mol. The summed E-state index contributed by atoms with van der Waals surface area (Å²) in [5, 5.41) is 0. The van der Waals surface area contributed by atoms with E-state index in [9.17, 15) is 4.79 Å². The summed E-state index contributed by atoms with van der Waals surface area (Å²) in [4.78, 5) is 11.5. The molecule has 1 rings (SSSR count). The second-order valence-corrected chi connectivity index (χ2v) is 4.27. The molecule has 1 unspecified atom stereocenters. The number of hydrogen-bond donors (Lipinski definition) is 0. The fraction of sp³-hybridized carbons (Fsp3) is 0.889. The van der Waals surface area contributed by atoms with E-state index in [0.29, 0.717) is 24.7 Å².